The average molecular weight is 266 g/mol. The molecule has 0 saturated carbocycles. The first-order chi connectivity index (χ1) is 8.33. The summed E-state index contributed by atoms with van der Waals surface area (Å²) in [5.41, 5.74) is 3.19. The maximum absolute atomic E-state index is 11.8. The summed E-state index contributed by atoms with van der Waals surface area (Å²) >= 11 is 2.94. The Morgan fingerprint density at radius 1 is 1.53 bits per heavy atom. The maximum Gasteiger partial charge on any atom is 0.276 e. The Morgan fingerprint density at radius 3 is 3.24 bits per heavy atom. The van der Waals surface area contributed by atoms with E-state index in [1.807, 2.05) is 0 Å². The fourth-order valence-corrected chi connectivity index (χ4v) is 3.17. The van der Waals surface area contributed by atoms with Crippen molar-refractivity contribution in [1.29, 1.82) is 0 Å². The zero-order valence-electron chi connectivity index (χ0n) is 8.90. The Labute approximate surface area is 106 Å². The number of carbonyl (C=O) groups excluding carboxylic acids is 1. The van der Waals surface area contributed by atoms with Crippen LogP contribution in [0.15, 0.2) is 10.9 Å². The van der Waals surface area contributed by atoms with Crippen LogP contribution < -0.4 is 10.6 Å². The van der Waals surface area contributed by atoms with Crippen LogP contribution in [0, 0.1) is 0 Å². The standard InChI is InChI=1S/C10H10N4OS2/c15-9(7-4-16-5-12-7)14-10-13-6-1-2-11-3-8(6)17-10/h4-5,11H,1-3H2,(H,13,14,15). The lowest BCUT2D eigenvalue weighted by Gasteiger charge is -2.09. The maximum atomic E-state index is 11.8. The molecule has 0 aromatic carbocycles. The molecule has 0 spiro atoms. The van der Waals surface area contributed by atoms with E-state index in [0.29, 0.717) is 10.8 Å². The monoisotopic (exact) mass is 266 g/mol. The first kappa shape index (κ1) is 10.8. The summed E-state index contributed by atoms with van der Waals surface area (Å²) < 4.78 is 0. The molecule has 0 unspecified atom stereocenters. The first-order valence-electron chi connectivity index (χ1n) is 5.22. The lowest BCUT2D eigenvalue weighted by atomic mass is 10.2. The van der Waals surface area contributed by atoms with Gasteiger partial charge in [0.1, 0.15) is 5.69 Å². The van der Waals surface area contributed by atoms with Gasteiger partial charge in [-0.3, -0.25) is 10.1 Å². The van der Waals surface area contributed by atoms with E-state index in [0.717, 1.165) is 25.2 Å². The molecule has 7 heteroatoms. The van der Waals surface area contributed by atoms with Gasteiger partial charge < -0.3 is 5.32 Å². The van der Waals surface area contributed by atoms with Gasteiger partial charge in [0.25, 0.3) is 5.91 Å². The summed E-state index contributed by atoms with van der Waals surface area (Å²) in [5, 5.41) is 8.46. The molecule has 17 heavy (non-hydrogen) atoms. The minimum atomic E-state index is -0.190. The van der Waals surface area contributed by atoms with Crippen molar-refractivity contribution in [1.82, 2.24) is 15.3 Å². The highest BCUT2D eigenvalue weighted by atomic mass is 32.1. The molecule has 3 rings (SSSR count). The molecule has 0 fully saturated rings. The SMILES string of the molecule is O=C(Nc1nc2c(s1)CNCC2)c1cscn1. The molecule has 0 saturated heterocycles. The van der Waals surface area contributed by atoms with Gasteiger partial charge >= 0.3 is 0 Å². The van der Waals surface area contributed by atoms with Crippen molar-refractivity contribution >= 4 is 33.7 Å². The highest BCUT2D eigenvalue weighted by Gasteiger charge is 2.16. The van der Waals surface area contributed by atoms with E-state index >= 15 is 0 Å². The second-order valence-electron chi connectivity index (χ2n) is 3.64. The lowest BCUT2D eigenvalue weighted by Crippen LogP contribution is -2.22. The van der Waals surface area contributed by atoms with Crippen LogP contribution in [-0.4, -0.2) is 22.4 Å². The van der Waals surface area contributed by atoms with Gasteiger partial charge in [-0.15, -0.1) is 22.7 Å². The summed E-state index contributed by atoms with van der Waals surface area (Å²) in [7, 11) is 0. The number of thiazole rings is 2. The molecule has 2 N–H and O–H groups in total. The lowest BCUT2D eigenvalue weighted by molar-refractivity contribution is 0.102. The zero-order chi connectivity index (χ0) is 11.7. The zero-order valence-corrected chi connectivity index (χ0v) is 10.5. The third kappa shape index (κ3) is 2.21. The van der Waals surface area contributed by atoms with Crippen molar-refractivity contribution in [3.8, 4) is 0 Å². The van der Waals surface area contributed by atoms with E-state index < -0.39 is 0 Å². The summed E-state index contributed by atoms with van der Waals surface area (Å²) in [6.07, 6.45) is 0.929. The van der Waals surface area contributed by atoms with Crippen LogP contribution in [0.2, 0.25) is 0 Å². The van der Waals surface area contributed by atoms with Crippen LogP contribution in [0.5, 0.6) is 0 Å². The summed E-state index contributed by atoms with van der Waals surface area (Å²) in [6.45, 7) is 1.80. The van der Waals surface area contributed by atoms with Gasteiger partial charge in [-0.1, -0.05) is 0 Å². The largest absolute Gasteiger partial charge is 0.311 e. The Balaban J connectivity index is 1.77. The Hall–Kier alpha value is -1.31. The molecular formula is C10H10N4OS2. The Kier molecular flexibility index (Phi) is 2.87. The van der Waals surface area contributed by atoms with Crippen LogP contribution >= 0.6 is 22.7 Å². The van der Waals surface area contributed by atoms with Crippen molar-refractivity contribution in [3.63, 3.8) is 0 Å². The Bertz CT molecular complexity index is 511. The van der Waals surface area contributed by atoms with E-state index in [1.165, 1.54) is 27.6 Å². The minimum Gasteiger partial charge on any atom is -0.311 e. The molecule has 1 aliphatic heterocycles. The third-order valence-electron chi connectivity index (χ3n) is 2.49. The van der Waals surface area contributed by atoms with Crippen molar-refractivity contribution in [2.75, 3.05) is 11.9 Å². The molecule has 2 aromatic heterocycles. The van der Waals surface area contributed by atoms with Gasteiger partial charge in [0.15, 0.2) is 5.13 Å². The number of nitrogens with one attached hydrogen (secondary N) is 2. The van der Waals surface area contributed by atoms with E-state index in [4.69, 9.17) is 0 Å². The summed E-state index contributed by atoms with van der Waals surface area (Å²) in [4.78, 5) is 21.4. The van der Waals surface area contributed by atoms with Crippen molar-refractivity contribution in [2.24, 2.45) is 0 Å². The second kappa shape index (κ2) is 4.52. The van der Waals surface area contributed by atoms with E-state index in [-0.39, 0.29) is 5.91 Å². The number of hydrogen-bond acceptors (Lipinski definition) is 6. The number of fused-ring (bicyclic) bond motifs is 1. The molecule has 2 aromatic rings. The highest BCUT2D eigenvalue weighted by molar-refractivity contribution is 7.15. The molecule has 88 valence electrons. The summed E-state index contributed by atoms with van der Waals surface area (Å²) in [6, 6.07) is 0. The molecule has 0 atom stereocenters. The van der Waals surface area contributed by atoms with Gasteiger partial charge in [-0.05, 0) is 0 Å². The van der Waals surface area contributed by atoms with Crippen LogP contribution in [-0.2, 0) is 13.0 Å². The molecule has 1 aliphatic rings. The second-order valence-corrected chi connectivity index (χ2v) is 5.45. The first-order valence-corrected chi connectivity index (χ1v) is 6.97. The molecular weight excluding hydrogens is 256 g/mol. The van der Waals surface area contributed by atoms with E-state index in [1.54, 1.807) is 10.9 Å². The number of nitrogens with zero attached hydrogens (tertiary/aromatic N) is 2. The number of anilines is 1. The third-order valence-corrected chi connectivity index (χ3v) is 4.09. The highest BCUT2D eigenvalue weighted by Crippen LogP contribution is 2.25. The predicted molar refractivity (Wildman–Crippen MR) is 67.6 cm³/mol. The van der Waals surface area contributed by atoms with Crippen LogP contribution in [0.25, 0.3) is 0 Å². The molecule has 0 radical (unpaired) electrons. The molecule has 5 nitrogen and oxygen atoms in total. The van der Waals surface area contributed by atoms with E-state index in [2.05, 4.69) is 20.6 Å². The number of amides is 1. The van der Waals surface area contributed by atoms with Crippen LogP contribution in [0.3, 0.4) is 0 Å². The van der Waals surface area contributed by atoms with Gasteiger partial charge in [0.05, 0.1) is 11.2 Å². The van der Waals surface area contributed by atoms with Gasteiger partial charge in [-0.25, -0.2) is 9.97 Å². The fraction of sp³-hybridized carbons (Fsp3) is 0.300. The minimum absolute atomic E-state index is 0.190. The smallest absolute Gasteiger partial charge is 0.276 e. The average Bonchev–Trinajstić information content (AvgIpc) is 2.97. The van der Waals surface area contributed by atoms with Crippen molar-refractivity contribution < 1.29 is 4.79 Å². The van der Waals surface area contributed by atoms with Crippen molar-refractivity contribution in [3.05, 3.63) is 27.2 Å². The van der Waals surface area contributed by atoms with Gasteiger partial charge in [0.2, 0.25) is 0 Å². The molecule has 0 aliphatic carbocycles. The van der Waals surface area contributed by atoms with Crippen molar-refractivity contribution in [2.45, 2.75) is 13.0 Å². The fourth-order valence-electron chi connectivity index (χ4n) is 1.66. The number of rotatable bonds is 2. The number of aromatic nitrogens is 2. The normalized spacial score (nSPS) is 14.4. The van der Waals surface area contributed by atoms with Gasteiger partial charge in [0, 0.05) is 29.8 Å². The molecule has 3 heterocycles. The number of carbonyl (C=O) groups is 1. The summed E-state index contributed by atoms with van der Waals surface area (Å²) in [5.74, 6) is -0.190. The molecule has 0 bridgehead atoms. The van der Waals surface area contributed by atoms with Gasteiger partial charge in [-0.2, -0.15) is 0 Å². The Morgan fingerprint density at radius 2 is 2.47 bits per heavy atom. The quantitative estimate of drug-likeness (QED) is 0.864. The topological polar surface area (TPSA) is 66.9 Å². The number of hydrogen-bond donors (Lipinski definition) is 2. The van der Waals surface area contributed by atoms with Crippen LogP contribution in [0.4, 0.5) is 5.13 Å². The van der Waals surface area contributed by atoms with E-state index in [9.17, 15) is 4.79 Å². The molecule has 1 amide bonds. The van der Waals surface area contributed by atoms with Crippen LogP contribution in [0.1, 0.15) is 21.1 Å². The predicted octanol–water partition coefficient (Wildman–Crippen LogP) is 1.50.